The van der Waals surface area contributed by atoms with Gasteiger partial charge in [0.15, 0.2) is 0 Å². The molecule has 0 fully saturated rings. The largest absolute Gasteiger partial charge is 0.306 e. The number of pyridine rings is 1. The van der Waals surface area contributed by atoms with Crippen molar-refractivity contribution in [3.05, 3.63) is 76.5 Å². The first-order chi connectivity index (χ1) is 10.3. The zero-order valence-corrected chi connectivity index (χ0v) is 13.5. The van der Waals surface area contributed by atoms with Crippen molar-refractivity contribution in [2.45, 2.75) is 19.5 Å². The molecule has 0 aliphatic rings. The van der Waals surface area contributed by atoms with Crippen LogP contribution in [0.5, 0.6) is 0 Å². The van der Waals surface area contributed by atoms with Gasteiger partial charge in [-0.25, -0.2) is 0 Å². The molecule has 1 atom stereocenters. The Kier molecular flexibility index (Phi) is 4.32. The lowest BCUT2D eigenvalue weighted by atomic mass is 10.1. The van der Waals surface area contributed by atoms with Gasteiger partial charge in [0.25, 0.3) is 0 Å². The van der Waals surface area contributed by atoms with Crippen molar-refractivity contribution in [2.75, 3.05) is 0 Å². The van der Waals surface area contributed by atoms with Crippen LogP contribution in [0.2, 0.25) is 0 Å². The van der Waals surface area contributed by atoms with E-state index in [0.717, 1.165) is 11.0 Å². The molecule has 0 saturated carbocycles. The molecule has 0 saturated heterocycles. The highest BCUT2D eigenvalue weighted by Crippen LogP contribution is 2.24. The molecule has 0 amide bonds. The fourth-order valence-corrected chi connectivity index (χ4v) is 3.17. The molecule has 0 aliphatic heterocycles. The van der Waals surface area contributed by atoms with Gasteiger partial charge < -0.3 is 5.32 Å². The maximum Gasteiger partial charge on any atom is 0.0346 e. The molecular weight excluding hydrogens is 324 g/mol. The fourth-order valence-electron chi connectivity index (χ4n) is 2.54. The summed E-state index contributed by atoms with van der Waals surface area (Å²) in [5, 5.41) is 6.05. The van der Waals surface area contributed by atoms with Crippen LogP contribution >= 0.6 is 15.9 Å². The number of nitrogens with one attached hydrogen (secondary N) is 1. The van der Waals surface area contributed by atoms with Gasteiger partial charge >= 0.3 is 0 Å². The molecule has 3 aromatic rings. The molecule has 0 bridgehead atoms. The molecule has 0 unspecified atom stereocenters. The van der Waals surface area contributed by atoms with Gasteiger partial charge in [-0.1, -0.05) is 52.3 Å². The number of benzene rings is 2. The second-order valence-electron chi connectivity index (χ2n) is 5.14. The molecule has 2 nitrogen and oxygen atoms in total. The second kappa shape index (κ2) is 6.37. The van der Waals surface area contributed by atoms with Crippen LogP contribution in [0.25, 0.3) is 10.8 Å². The third-order valence-corrected chi connectivity index (χ3v) is 4.46. The quantitative estimate of drug-likeness (QED) is 0.734. The topological polar surface area (TPSA) is 24.9 Å². The zero-order chi connectivity index (χ0) is 14.7. The third kappa shape index (κ3) is 3.14. The van der Waals surface area contributed by atoms with Gasteiger partial charge in [-0.05, 0) is 35.6 Å². The van der Waals surface area contributed by atoms with Crippen molar-refractivity contribution in [1.82, 2.24) is 10.3 Å². The number of hydrogen-bond donors (Lipinski definition) is 1. The molecule has 0 radical (unpaired) electrons. The van der Waals surface area contributed by atoms with E-state index in [4.69, 9.17) is 0 Å². The number of fused-ring (bicyclic) bond motifs is 1. The van der Waals surface area contributed by atoms with Crippen molar-refractivity contribution in [2.24, 2.45) is 0 Å². The predicted octanol–water partition coefficient (Wildman–Crippen LogP) is 4.85. The normalized spacial score (nSPS) is 12.5. The average molecular weight is 341 g/mol. The predicted molar refractivity (Wildman–Crippen MR) is 91.1 cm³/mol. The standard InChI is InChI=1S/C18H17BrN2/c1-13(16-7-2-3-8-18(16)19)21-12-15-6-4-5-14-11-20-10-9-17(14)15/h2-11,13,21H,12H2,1H3/t13-/m1/s1. The van der Waals surface area contributed by atoms with Crippen LogP contribution in [0, 0.1) is 0 Å². The maximum absolute atomic E-state index is 4.18. The van der Waals surface area contributed by atoms with E-state index in [2.05, 4.69) is 75.6 Å². The van der Waals surface area contributed by atoms with Crippen LogP contribution in [0.4, 0.5) is 0 Å². The summed E-state index contributed by atoms with van der Waals surface area (Å²) in [6.07, 6.45) is 3.76. The highest BCUT2D eigenvalue weighted by atomic mass is 79.9. The van der Waals surface area contributed by atoms with E-state index >= 15 is 0 Å². The molecule has 0 spiro atoms. The summed E-state index contributed by atoms with van der Waals surface area (Å²) >= 11 is 3.61. The molecule has 1 heterocycles. The Morgan fingerprint density at radius 2 is 1.95 bits per heavy atom. The van der Waals surface area contributed by atoms with Crippen molar-refractivity contribution in [3.8, 4) is 0 Å². The number of rotatable bonds is 4. The Morgan fingerprint density at radius 1 is 1.10 bits per heavy atom. The van der Waals surface area contributed by atoms with E-state index in [1.165, 1.54) is 21.9 Å². The monoisotopic (exact) mass is 340 g/mol. The summed E-state index contributed by atoms with van der Waals surface area (Å²) in [6, 6.07) is 17.1. The molecule has 21 heavy (non-hydrogen) atoms. The molecule has 0 aliphatic carbocycles. The molecular formula is C18H17BrN2. The minimum absolute atomic E-state index is 0.290. The van der Waals surface area contributed by atoms with E-state index in [9.17, 15) is 0 Å². The van der Waals surface area contributed by atoms with Crippen LogP contribution < -0.4 is 5.32 Å². The van der Waals surface area contributed by atoms with Crippen LogP contribution in [-0.4, -0.2) is 4.98 Å². The summed E-state index contributed by atoms with van der Waals surface area (Å²) in [4.78, 5) is 4.18. The van der Waals surface area contributed by atoms with Gasteiger partial charge in [0.05, 0.1) is 0 Å². The first-order valence-electron chi connectivity index (χ1n) is 7.05. The van der Waals surface area contributed by atoms with Gasteiger partial charge in [-0.15, -0.1) is 0 Å². The van der Waals surface area contributed by atoms with E-state index in [1.807, 2.05) is 18.5 Å². The van der Waals surface area contributed by atoms with Crippen LogP contribution in [-0.2, 0) is 6.54 Å². The van der Waals surface area contributed by atoms with Gasteiger partial charge in [0, 0.05) is 34.8 Å². The Bertz CT molecular complexity index is 750. The minimum Gasteiger partial charge on any atom is -0.306 e. The smallest absolute Gasteiger partial charge is 0.0346 e. The summed E-state index contributed by atoms with van der Waals surface area (Å²) in [6.45, 7) is 3.02. The lowest BCUT2D eigenvalue weighted by Gasteiger charge is -2.16. The van der Waals surface area contributed by atoms with E-state index < -0.39 is 0 Å². The van der Waals surface area contributed by atoms with Crippen molar-refractivity contribution >= 4 is 26.7 Å². The summed E-state index contributed by atoms with van der Waals surface area (Å²) in [7, 11) is 0. The molecule has 1 aromatic heterocycles. The lowest BCUT2D eigenvalue weighted by Crippen LogP contribution is -2.18. The molecule has 2 aromatic carbocycles. The maximum atomic E-state index is 4.18. The summed E-state index contributed by atoms with van der Waals surface area (Å²) in [5.74, 6) is 0. The minimum atomic E-state index is 0.290. The van der Waals surface area contributed by atoms with Gasteiger partial charge in [-0.3, -0.25) is 4.98 Å². The number of halogens is 1. The Morgan fingerprint density at radius 3 is 2.81 bits per heavy atom. The van der Waals surface area contributed by atoms with Crippen LogP contribution in [0.3, 0.4) is 0 Å². The first-order valence-corrected chi connectivity index (χ1v) is 7.84. The number of hydrogen-bond acceptors (Lipinski definition) is 2. The molecule has 3 heteroatoms. The highest BCUT2D eigenvalue weighted by Gasteiger charge is 2.09. The van der Waals surface area contributed by atoms with Gasteiger partial charge in [0.2, 0.25) is 0 Å². The van der Waals surface area contributed by atoms with Crippen LogP contribution in [0.1, 0.15) is 24.1 Å². The second-order valence-corrected chi connectivity index (χ2v) is 5.99. The summed E-state index contributed by atoms with van der Waals surface area (Å²) < 4.78 is 1.15. The average Bonchev–Trinajstić information content (AvgIpc) is 2.53. The van der Waals surface area contributed by atoms with Crippen molar-refractivity contribution < 1.29 is 0 Å². The summed E-state index contributed by atoms with van der Waals surface area (Å²) in [5.41, 5.74) is 2.58. The zero-order valence-electron chi connectivity index (χ0n) is 11.9. The van der Waals surface area contributed by atoms with E-state index in [0.29, 0.717) is 0 Å². The van der Waals surface area contributed by atoms with Crippen molar-refractivity contribution in [1.29, 1.82) is 0 Å². The Balaban J connectivity index is 1.79. The number of aromatic nitrogens is 1. The molecule has 106 valence electrons. The van der Waals surface area contributed by atoms with Crippen molar-refractivity contribution in [3.63, 3.8) is 0 Å². The molecule has 3 rings (SSSR count). The van der Waals surface area contributed by atoms with Gasteiger partial charge in [-0.2, -0.15) is 0 Å². The van der Waals surface area contributed by atoms with Gasteiger partial charge in [0.1, 0.15) is 0 Å². The SMILES string of the molecule is C[C@@H](NCc1cccc2cnccc12)c1ccccc1Br. The Labute approximate surface area is 133 Å². The highest BCUT2D eigenvalue weighted by molar-refractivity contribution is 9.10. The first kappa shape index (κ1) is 14.2. The molecule has 1 N–H and O–H groups in total. The fraction of sp³-hybridized carbons (Fsp3) is 0.167. The van der Waals surface area contributed by atoms with E-state index in [-0.39, 0.29) is 6.04 Å². The lowest BCUT2D eigenvalue weighted by molar-refractivity contribution is 0.574. The number of nitrogens with zero attached hydrogens (tertiary/aromatic N) is 1. The van der Waals surface area contributed by atoms with E-state index in [1.54, 1.807) is 0 Å². The van der Waals surface area contributed by atoms with Crippen LogP contribution in [0.15, 0.2) is 65.4 Å². The Hall–Kier alpha value is -1.71. The third-order valence-electron chi connectivity index (χ3n) is 3.74.